The first-order valence-electron chi connectivity index (χ1n) is 8.94. The summed E-state index contributed by atoms with van der Waals surface area (Å²) in [6.07, 6.45) is 4.34. The molecule has 8 heteroatoms. The van der Waals surface area contributed by atoms with Gasteiger partial charge < -0.3 is 10.2 Å². The third-order valence-corrected chi connectivity index (χ3v) is 5.67. The first kappa shape index (κ1) is 21.1. The summed E-state index contributed by atoms with van der Waals surface area (Å²) in [5.41, 5.74) is 0.681. The van der Waals surface area contributed by atoms with E-state index in [2.05, 4.69) is 41.0 Å². The maximum absolute atomic E-state index is 14.0. The summed E-state index contributed by atoms with van der Waals surface area (Å²) in [5, 5.41) is 3.15. The maximum atomic E-state index is 14.0. The first-order chi connectivity index (χ1) is 12.7. The average molecular weight is 395 g/mol. The number of nitrogens with zero attached hydrogens (tertiary/aromatic N) is 3. The molecule has 1 aromatic carbocycles. The SMILES string of the molecule is CC(C)[C@@H](C)CN(CCNc1ncccn1)c1ccc(F)c(S(C)(=O)=O)c1. The van der Waals surface area contributed by atoms with E-state index >= 15 is 0 Å². The lowest BCUT2D eigenvalue weighted by Gasteiger charge is -2.30. The molecular formula is C19H27FN4O2S. The van der Waals surface area contributed by atoms with Crippen LogP contribution in [0.1, 0.15) is 20.8 Å². The Morgan fingerprint density at radius 1 is 1.19 bits per heavy atom. The summed E-state index contributed by atoms with van der Waals surface area (Å²) >= 11 is 0. The second-order valence-electron chi connectivity index (χ2n) is 7.05. The minimum atomic E-state index is -3.64. The van der Waals surface area contributed by atoms with Crippen molar-refractivity contribution in [1.29, 1.82) is 0 Å². The van der Waals surface area contributed by atoms with E-state index < -0.39 is 15.7 Å². The molecule has 1 atom stereocenters. The van der Waals surface area contributed by atoms with Crippen molar-refractivity contribution < 1.29 is 12.8 Å². The number of sulfone groups is 1. The number of nitrogens with one attached hydrogen (secondary N) is 1. The zero-order valence-corrected chi connectivity index (χ0v) is 17.0. The highest BCUT2D eigenvalue weighted by Crippen LogP contribution is 2.24. The van der Waals surface area contributed by atoms with Crippen molar-refractivity contribution in [3.8, 4) is 0 Å². The van der Waals surface area contributed by atoms with E-state index in [1.54, 1.807) is 24.5 Å². The Hall–Kier alpha value is -2.22. The minimum absolute atomic E-state index is 0.276. The van der Waals surface area contributed by atoms with Gasteiger partial charge in [0.15, 0.2) is 9.84 Å². The van der Waals surface area contributed by atoms with Crippen molar-refractivity contribution in [3.63, 3.8) is 0 Å². The Bertz CT molecular complexity index is 844. The van der Waals surface area contributed by atoms with Gasteiger partial charge in [0, 0.05) is 44.0 Å². The molecule has 1 heterocycles. The molecule has 0 aliphatic heterocycles. The Morgan fingerprint density at radius 2 is 1.85 bits per heavy atom. The predicted octanol–water partition coefficient (Wildman–Crippen LogP) is 3.23. The average Bonchev–Trinajstić information content (AvgIpc) is 2.61. The Morgan fingerprint density at radius 3 is 2.44 bits per heavy atom. The molecule has 2 rings (SSSR count). The number of hydrogen-bond donors (Lipinski definition) is 1. The van der Waals surface area contributed by atoms with E-state index in [1.807, 2.05) is 0 Å². The van der Waals surface area contributed by atoms with Crippen LogP contribution in [0, 0.1) is 17.7 Å². The Balaban J connectivity index is 2.21. The largest absolute Gasteiger partial charge is 0.369 e. The van der Waals surface area contributed by atoms with E-state index in [9.17, 15) is 12.8 Å². The van der Waals surface area contributed by atoms with Crippen molar-refractivity contribution in [2.24, 2.45) is 11.8 Å². The van der Waals surface area contributed by atoms with Gasteiger partial charge in [-0.2, -0.15) is 0 Å². The lowest BCUT2D eigenvalue weighted by Crippen LogP contribution is -2.34. The fourth-order valence-electron chi connectivity index (χ4n) is 2.55. The second kappa shape index (κ2) is 9.12. The van der Waals surface area contributed by atoms with Crippen LogP contribution in [0.15, 0.2) is 41.6 Å². The van der Waals surface area contributed by atoms with E-state index in [0.717, 1.165) is 12.8 Å². The summed E-state index contributed by atoms with van der Waals surface area (Å²) < 4.78 is 37.7. The lowest BCUT2D eigenvalue weighted by atomic mass is 9.97. The highest BCUT2D eigenvalue weighted by atomic mass is 32.2. The number of halogens is 1. The van der Waals surface area contributed by atoms with Gasteiger partial charge in [-0.15, -0.1) is 0 Å². The summed E-state index contributed by atoms with van der Waals surface area (Å²) in [5.74, 6) is 0.650. The summed E-state index contributed by atoms with van der Waals surface area (Å²) in [4.78, 5) is 10.0. The fraction of sp³-hybridized carbons (Fsp3) is 0.474. The van der Waals surface area contributed by atoms with Crippen LogP contribution in [0.2, 0.25) is 0 Å². The molecule has 0 unspecified atom stereocenters. The summed E-state index contributed by atoms with van der Waals surface area (Å²) in [6, 6.07) is 5.99. The van der Waals surface area contributed by atoms with Gasteiger partial charge in [0.1, 0.15) is 10.7 Å². The van der Waals surface area contributed by atoms with Gasteiger partial charge in [0.05, 0.1) is 0 Å². The smallest absolute Gasteiger partial charge is 0.222 e. The van der Waals surface area contributed by atoms with Crippen LogP contribution in [-0.2, 0) is 9.84 Å². The normalized spacial score (nSPS) is 12.8. The molecule has 1 N–H and O–H groups in total. The maximum Gasteiger partial charge on any atom is 0.222 e. The third kappa shape index (κ3) is 6.16. The Kier molecular flexibility index (Phi) is 7.12. The number of benzene rings is 1. The van der Waals surface area contributed by atoms with Gasteiger partial charge >= 0.3 is 0 Å². The Labute approximate surface area is 160 Å². The molecule has 0 fully saturated rings. The van der Waals surface area contributed by atoms with Gasteiger partial charge in [-0.25, -0.2) is 22.8 Å². The highest BCUT2D eigenvalue weighted by molar-refractivity contribution is 7.90. The van der Waals surface area contributed by atoms with Crippen molar-refractivity contribution >= 4 is 21.5 Å². The fourth-order valence-corrected chi connectivity index (χ4v) is 3.31. The third-order valence-electron chi connectivity index (χ3n) is 4.56. The molecule has 0 amide bonds. The number of aromatic nitrogens is 2. The standard InChI is InChI=1S/C19H27FN4O2S/c1-14(2)15(3)13-24(11-10-23-19-21-8-5-9-22-19)16-6-7-17(20)18(12-16)27(4,25)26/h5-9,12,14-15H,10-11,13H2,1-4H3,(H,21,22,23)/t15-/m0/s1. The molecule has 0 aliphatic carbocycles. The number of rotatable bonds is 9. The second-order valence-corrected chi connectivity index (χ2v) is 9.04. The molecule has 0 aliphatic rings. The van der Waals surface area contributed by atoms with Crippen molar-refractivity contribution in [2.75, 3.05) is 36.1 Å². The molecule has 0 saturated heterocycles. The monoisotopic (exact) mass is 394 g/mol. The molecule has 0 spiro atoms. The van der Waals surface area contributed by atoms with Crippen LogP contribution < -0.4 is 10.2 Å². The molecule has 0 saturated carbocycles. The number of anilines is 2. The molecule has 1 aromatic heterocycles. The first-order valence-corrected chi connectivity index (χ1v) is 10.8. The van der Waals surface area contributed by atoms with Gasteiger partial charge in [-0.3, -0.25) is 0 Å². The quantitative estimate of drug-likeness (QED) is 0.704. The van der Waals surface area contributed by atoms with Crippen LogP contribution in [0.25, 0.3) is 0 Å². The van der Waals surface area contributed by atoms with E-state index in [0.29, 0.717) is 36.6 Å². The zero-order valence-electron chi connectivity index (χ0n) is 16.2. The summed E-state index contributed by atoms with van der Waals surface area (Å²) in [6.45, 7) is 8.33. The summed E-state index contributed by atoms with van der Waals surface area (Å²) in [7, 11) is -3.64. The van der Waals surface area contributed by atoms with E-state index in [-0.39, 0.29) is 4.90 Å². The van der Waals surface area contributed by atoms with Gasteiger partial charge in [-0.05, 0) is 36.1 Å². The topological polar surface area (TPSA) is 75.2 Å². The molecule has 6 nitrogen and oxygen atoms in total. The van der Waals surface area contributed by atoms with Crippen LogP contribution in [0.4, 0.5) is 16.0 Å². The molecule has 148 valence electrons. The van der Waals surface area contributed by atoms with E-state index in [1.165, 1.54) is 12.1 Å². The molecule has 27 heavy (non-hydrogen) atoms. The van der Waals surface area contributed by atoms with Crippen LogP contribution in [0.5, 0.6) is 0 Å². The minimum Gasteiger partial charge on any atom is -0.369 e. The molecule has 2 aromatic rings. The van der Waals surface area contributed by atoms with Crippen LogP contribution in [0.3, 0.4) is 0 Å². The van der Waals surface area contributed by atoms with Crippen molar-refractivity contribution in [1.82, 2.24) is 9.97 Å². The van der Waals surface area contributed by atoms with E-state index in [4.69, 9.17) is 0 Å². The van der Waals surface area contributed by atoms with Crippen LogP contribution in [-0.4, -0.2) is 44.3 Å². The highest BCUT2D eigenvalue weighted by Gasteiger charge is 2.19. The van der Waals surface area contributed by atoms with Gasteiger partial charge in [0.2, 0.25) is 5.95 Å². The lowest BCUT2D eigenvalue weighted by molar-refractivity contribution is 0.417. The van der Waals surface area contributed by atoms with Gasteiger partial charge in [0.25, 0.3) is 0 Å². The predicted molar refractivity (Wildman–Crippen MR) is 106 cm³/mol. The van der Waals surface area contributed by atoms with Crippen molar-refractivity contribution in [2.45, 2.75) is 25.7 Å². The zero-order chi connectivity index (χ0) is 20.0. The molecular weight excluding hydrogens is 367 g/mol. The van der Waals surface area contributed by atoms with Crippen LogP contribution >= 0.6 is 0 Å². The van der Waals surface area contributed by atoms with Crippen molar-refractivity contribution in [3.05, 3.63) is 42.5 Å². The molecule has 0 radical (unpaired) electrons. The van der Waals surface area contributed by atoms with Gasteiger partial charge in [-0.1, -0.05) is 20.8 Å². The molecule has 0 bridgehead atoms. The number of hydrogen-bond acceptors (Lipinski definition) is 6.